The Kier molecular flexibility index (Phi) is 5.01. The van der Waals surface area contributed by atoms with Crippen LogP contribution in [0.3, 0.4) is 0 Å². The van der Waals surface area contributed by atoms with Crippen LogP contribution in [0.25, 0.3) is 33.3 Å². The number of ether oxygens (including phenoxy) is 1. The van der Waals surface area contributed by atoms with E-state index in [2.05, 4.69) is 0 Å². The summed E-state index contributed by atoms with van der Waals surface area (Å²) in [5.74, 6) is 0.664. The summed E-state index contributed by atoms with van der Waals surface area (Å²) in [5, 5.41) is 0.479. The van der Waals surface area contributed by atoms with E-state index in [4.69, 9.17) is 9.72 Å². The van der Waals surface area contributed by atoms with Crippen molar-refractivity contribution in [3.8, 4) is 17.1 Å². The Morgan fingerprint density at radius 1 is 0.939 bits per heavy atom. The minimum absolute atomic E-state index is 0.0237. The smallest absolute Gasteiger partial charge is 0.267 e. The van der Waals surface area contributed by atoms with Crippen molar-refractivity contribution in [1.29, 1.82) is 0 Å². The lowest BCUT2D eigenvalue weighted by molar-refractivity contribution is 0.414. The van der Waals surface area contributed by atoms with Crippen LogP contribution in [-0.4, -0.2) is 21.2 Å². The molecule has 0 amide bonds. The fourth-order valence-corrected chi connectivity index (χ4v) is 4.07. The van der Waals surface area contributed by atoms with Gasteiger partial charge in [0.25, 0.3) is 5.56 Å². The molecule has 0 radical (unpaired) electrons. The van der Waals surface area contributed by atoms with Gasteiger partial charge in [0.2, 0.25) is 5.43 Å². The van der Waals surface area contributed by atoms with E-state index < -0.39 is 5.56 Å². The largest absolute Gasteiger partial charge is 0.497 e. The number of aromatic nitrogens is 3. The predicted molar refractivity (Wildman–Crippen MR) is 126 cm³/mol. The maximum atomic E-state index is 13.7. The zero-order valence-electron chi connectivity index (χ0n) is 18.1. The Morgan fingerprint density at radius 3 is 2.33 bits per heavy atom. The number of halogens is 1. The molecular formula is C26H20FN3O3. The van der Waals surface area contributed by atoms with Crippen LogP contribution in [0.2, 0.25) is 0 Å². The molecule has 0 aliphatic rings. The summed E-state index contributed by atoms with van der Waals surface area (Å²) in [6, 6.07) is 20.2. The molecule has 33 heavy (non-hydrogen) atoms. The van der Waals surface area contributed by atoms with Gasteiger partial charge in [-0.2, -0.15) is 0 Å². The van der Waals surface area contributed by atoms with E-state index >= 15 is 0 Å². The van der Waals surface area contributed by atoms with E-state index in [0.717, 1.165) is 5.56 Å². The minimum Gasteiger partial charge on any atom is -0.497 e. The number of para-hydroxylation sites is 1. The van der Waals surface area contributed by atoms with Crippen LogP contribution in [0.1, 0.15) is 5.56 Å². The molecule has 5 rings (SSSR count). The molecular weight excluding hydrogens is 421 g/mol. The number of aryl methyl sites for hydroxylation is 1. The van der Waals surface area contributed by atoms with Gasteiger partial charge in [-0.25, -0.2) is 9.37 Å². The molecule has 7 heteroatoms. The van der Waals surface area contributed by atoms with Crippen molar-refractivity contribution in [2.24, 2.45) is 7.05 Å². The molecule has 6 nitrogen and oxygen atoms in total. The van der Waals surface area contributed by atoms with Crippen LogP contribution >= 0.6 is 0 Å². The molecule has 0 saturated carbocycles. The first-order valence-electron chi connectivity index (χ1n) is 10.4. The lowest BCUT2D eigenvalue weighted by Gasteiger charge is -2.16. The summed E-state index contributed by atoms with van der Waals surface area (Å²) in [4.78, 5) is 31.8. The van der Waals surface area contributed by atoms with E-state index in [1.807, 2.05) is 24.3 Å². The van der Waals surface area contributed by atoms with E-state index in [9.17, 15) is 14.0 Å². The lowest BCUT2D eigenvalue weighted by Crippen LogP contribution is -2.29. The topological polar surface area (TPSA) is 66.1 Å². The van der Waals surface area contributed by atoms with Gasteiger partial charge >= 0.3 is 0 Å². The maximum Gasteiger partial charge on any atom is 0.267 e. The molecule has 0 spiro atoms. The molecule has 0 saturated heterocycles. The summed E-state index contributed by atoms with van der Waals surface area (Å²) < 4.78 is 22.0. The second-order valence-electron chi connectivity index (χ2n) is 7.79. The first-order valence-corrected chi connectivity index (χ1v) is 10.4. The van der Waals surface area contributed by atoms with Gasteiger partial charge in [0.05, 0.1) is 19.2 Å². The van der Waals surface area contributed by atoms with Gasteiger partial charge in [-0.15, -0.1) is 0 Å². The Labute approximate surface area is 188 Å². The van der Waals surface area contributed by atoms with Gasteiger partial charge in [-0.1, -0.05) is 24.3 Å². The Hall–Kier alpha value is -4.26. The number of benzene rings is 3. The Balaban J connectivity index is 1.84. The fraction of sp³-hybridized carbons (Fsp3) is 0.115. The monoisotopic (exact) mass is 441 g/mol. The number of methoxy groups -OCH3 is 1. The Bertz CT molecular complexity index is 1620. The third kappa shape index (κ3) is 3.47. The molecule has 0 fully saturated rings. The number of nitrogens with zero attached hydrogens (tertiary/aromatic N) is 3. The zero-order chi connectivity index (χ0) is 23.1. The van der Waals surface area contributed by atoms with Crippen molar-refractivity contribution in [3.05, 3.63) is 105 Å². The highest BCUT2D eigenvalue weighted by atomic mass is 19.1. The molecule has 164 valence electrons. The number of hydrogen-bond acceptors (Lipinski definition) is 4. The van der Waals surface area contributed by atoms with Crippen LogP contribution < -0.4 is 15.7 Å². The van der Waals surface area contributed by atoms with Crippen molar-refractivity contribution in [2.75, 3.05) is 7.11 Å². The first kappa shape index (κ1) is 20.6. The average molecular weight is 441 g/mol. The number of rotatable bonds is 4. The molecule has 0 aliphatic heterocycles. The molecule has 2 aromatic heterocycles. The third-order valence-corrected chi connectivity index (χ3v) is 5.81. The van der Waals surface area contributed by atoms with Gasteiger partial charge in [0.1, 0.15) is 22.8 Å². The van der Waals surface area contributed by atoms with Crippen molar-refractivity contribution in [2.45, 2.75) is 6.54 Å². The summed E-state index contributed by atoms with van der Waals surface area (Å²) in [5.41, 5.74) is 1.57. The Morgan fingerprint density at radius 2 is 1.64 bits per heavy atom. The molecule has 0 aliphatic carbocycles. The van der Waals surface area contributed by atoms with Crippen LogP contribution in [0.15, 0.2) is 82.4 Å². The van der Waals surface area contributed by atoms with Gasteiger partial charge in [0.15, 0.2) is 5.65 Å². The predicted octanol–water partition coefficient (Wildman–Crippen LogP) is 4.11. The molecule has 0 N–H and O–H groups in total. The first-order chi connectivity index (χ1) is 16.0. The van der Waals surface area contributed by atoms with Gasteiger partial charge < -0.3 is 9.30 Å². The second kappa shape index (κ2) is 8.02. The zero-order valence-corrected chi connectivity index (χ0v) is 18.1. The highest BCUT2D eigenvalue weighted by Gasteiger charge is 2.19. The van der Waals surface area contributed by atoms with Crippen molar-refractivity contribution >= 4 is 21.9 Å². The molecule has 0 bridgehead atoms. The lowest BCUT2D eigenvalue weighted by atomic mass is 10.1. The van der Waals surface area contributed by atoms with E-state index in [-0.39, 0.29) is 28.8 Å². The third-order valence-electron chi connectivity index (χ3n) is 5.81. The highest BCUT2D eigenvalue weighted by Crippen LogP contribution is 2.22. The van der Waals surface area contributed by atoms with Crippen LogP contribution in [0.5, 0.6) is 5.75 Å². The minimum atomic E-state index is -0.443. The quantitative estimate of drug-likeness (QED) is 0.394. The van der Waals surface area contributed by atoms with Crippen molar-refractivity contribution in [1.82, 2.24) is 14.1 Å². The van der Waals surface area contributed by atoms with E-state index in [0.29, 0.717) is 28.0 Å². The SMILES string of the molecule is COc1ccc(Cn2c(-c3ccc(F)cc3)nc3c(c(=O)c4ccccc4n3C)c2=O)cc1. The molecule has 0 unspecified atom stereocenters. The number of fused-ring (bicyclic) bond motifs is 2. The molecule has 0 atom stereocenters. The number of hydrogen-bond donors (Lipinski definition) is 0. The normalized spacial score (nSPS) is 11.2. The van der Waals surface area contributed by atoms with E-state index in [1.165, 1.54) is 16.7 Å². The fourth-order valence-electron chi connectivity index (χ4n) is 4.07. The summed E-state index contributed by atoms with van der Waals surface area (Å²) in [7, 11) is 3.36. The molecule has 3 aromatic carbocycles. The highest BCUT2D eigenvalue weighted by molar-refractivity contribution is 5.91. The summed E-state index contributed by atoms with van der Waals surface area (Å²) in [6.45, 7) is 0.189. The van der Waals surface area contributed by atoms with E-state index in [1.54, 1.807) is 55.1 Å². The van der Waals surface area contributed by atoms with Crippen molar-refractivity contribution < 1.29 is 9.13 Å². The maximum absolute atomic E-state index is 13.7. The van der Waals surface area contributed by atoms with Gasteiger partial charge in [-0.3, -0.25) is 14.2 Å². The van der Waals surface area contributed by atoms with Crippen LogP contribution in [0.4, 0.5) is 4.39 Å². The summed E-state index contributed by atoms with van der Waals surface area (Å²) >= 11 is 0. The van der Waals surface area contributed by atoms with Crippen LogP contribution in [0, 0.1) is 5.82 Å². The second-order valence-corrected chi connectivity index (χ2v) is 7.79. The van der Waals surface area contributed by atoms with Crippen LogP contribution in [-0.2, 0) is 13.6 Å². The van der Waals surface area contributed by atoms with Gasteiger partial charge in [0, 0.05) is 18.0 Å². The summed E-state index contributed by atoms with van der Waals surface area (Å²) in [6.07, 6.45) is 0. The van der Waals surface area contributed by atoms with Crippen molar-refractivity contribution in [3.63, 3.8) is 0 Å². The standard InChI is InChI=1S/C26H20FN3O3/c1-29-21-6-4-3-5-20(21)23(31)22-25(29)28-24(17-9-11-18(27)12-10-17)30(26(22)32)15-16-7-13-19(33-2)14-8-16/h3-14H,15H2,1-2H3. The number of pyridine rings is 1. The average Bonchev–Trinajstić information content (AvgIpc) is 2.84. The molecule has 2 heterocycles. The molecule has 5 aromatic rings. The van der Waals surface area contributed by atoms with Gasteiger partial charge in [-0.05, 0) is 54.1 Å².